The van der Waals surface area contributed by atoms with Gasteiger partial charge in [0.25, 0.3) is 5.91 Å². The Bertz CT molecular complexity index is 507. The van der Waals surface area contributed by atoms with Crippen LogP contribution in [0, 0.1) is 11.5 Å². The van der Waals surface area contributed by atoms with Crippen molar-refractivity contribution in [1.82, 2.24) is 5.32 Å². The number of benzene rings is 1. The molecule has 1 aromatic rings. The maximum absolute atomic E-state index is 11.4. The average Bonchev–Trinajstić information content (AvgIpc) is 2.28. The van der Waals surface area contributed by atoms with Crippen LogP contribution in [0.25, 0.3) is 0 Å². The molecule has 0 radical (unpaired) electrons. The molecular weight excluding hydrogens is 226 g/mol. The highest BCUT2D eigenvalue weighted by atomic mass is 32.2. The Morgan fingerprint density at radius 3 is 3.12 bits per heavy atom. The Hall–Kier alpha value is -2.00. The van der Waals surface area contributed by atoms with Gasteiger partial charge in [-0.25, -0.2) is 0 Å². The third-order valence-electron chi connectivity index (χ3n) is 2.04. The lowest BCUT2D eigenvalue weighted by molar-refractivity contribution is -0.113. The molecule has 5 nitrogen and oxygen atoms in total. The minimum absolute atomic E-state index is 0.0876. The number of thioether (sulfide) groups is 1. The van der Waals surface area contributed by atoms with E-state index in [1.807, 2.05) is 5.32 Å². The van der Waals surface area contributed by atoms with Gasteiger partial charge < -0.3 is 5.32 Å². The van der Waals surface area contributed by atoms with Gasteiger partial charge in [0.1, 0.15) is 0 Å². The summed E-state index contributed by atoms with van der Waals surface area (Å²) < 4.78 is 0. The largest absolute Gasteiger partial charge is 0.324 e. The molecule has 80 valence electrons. The first-order valence-electron chi connectivity index (χ1n) is 4.47. The number of carbonyl (C=O) groups excluding carboxylic acids is 2. The molecule has 0 aromatic heterocycles. The van der Waals surface area contributed by atoms with Crippen molar-refractivity contribution < 1.29 is 9.59 Å². The average molecular weight is 233 g/mol. The van der Waals surface area contributed by atoms with E-state index in [1.54, 1.807) is 24.4 Å². The van der Waals surface area contributed by atoms with Gasteiger partial charge in [-0.15, -0.1) is 11.8 Å². The van der Waals surface area contributed by atoms with Gasteiger partial charge in [0.15, 0.2) is 6.19 Å². The second-order valence-electron chi connectivity index (χ2n) is 3.11. The smallest absolute Gasteiger partial charge is 0.264 e. The van der Waals surface area contributed by atoms with Gasteiger partial charge in [-0.3, -0.25) is 14.9 Å². The van der Waals surface area contributed by atoms with E-state index in [0.29, 0.717) is 17.0 Å². The Morgan fingerprint density at radius 2 is 2.38 bits per heavy atom. The molecule has 0 unspecified atom stereocenters. The summed E-state index contributed by atoms with van der Waals surface area (Å²) >= 11 is 1.42. The first kappa shape index (κ1) is 10.5. The van der Waals surface area contributed by atoms with E-state index in [9.17, 15) is 9.59 Å². The molecule has 1 heterocycles. The minimum atomic E-state index is -0.477. The molecule has 0 spiro atoms. The van der Waals surface area contributed by atoms with E-state index >= 15 is 0 Å². The predicted octanol–water partition coefficient (Wildman–Crippen LogP) is 0.942. The summed E-state index contributed by atoms with van der Waals surface area (Å²) in [5.74, 6) is -0.179. The maximum Gasteiger partial charge on any atom is 0.264 e. The van der Waals surface area contributed by atoms with Gasteiger partial charge in [0.2, 0.25) is 5.91 Å². The third-order valence-corrected chi connectivity index (χ3v) is 3.12. The number of nitriles is 1. The fourth-order valence-corrected chi connectivity index (χ4v) is 2.14. The molecule has 16 heavy (non-hydrogen) atoms. The van der Waals surface area contributed by atoms with E-state index in [-0.39, 0.29) is 5.91 Å². The zero-order chi connectivity index (χ0) is 11.5. The van der Waals surface area contributed by atoms with Gasteiger partial charge >= 0.3 is 0 Å². The van der Waals surface area contributed by atoms with Crippen molar-refractivity contribution >= 4 is 29.3 Å². The summed E-state index contributed by atoms with van der Waals surface area (Å²) in [6.45, 7) is 0. The van der Waals surface area contributed by atoms with E-state index in [4.69, 9.17) is 5.26 Å². The molecule has 2 N–H and O–H groups in total. The number of amides is 2. The third kappa shape index (κ3) is 1.99. The molecule has 0 saturated heterocycles. The monoisotopic (exact) mass is 233 g/mol. The van der Waals surface area contributed by atoms with Crippen LogP contribution >= 0.6 is 11.8 Å². The summed E-state index contributed by atoms with van der Waals surface area (Å²) in [7, 11) is 0. The van der Waals surface area contributed by atoms with Crippen molar-refractivity contribution in [2.45, 2.75) is 4.90 Å². The Labute approximate surface area is 95.8 Å². The predicted molar refractivity (Wildman–Crippen MR) is 58.9 cm³/mol. The number of hydrogen-bond donors (Lipinski definition) is 2. The molecule has 0 saturated carbocycles. The summed E-state index contributed by atoms with van der Waals surface area (Å²) in [6.07, 6.45) is 1.56. The lowest BCUT2D eigenvalue weighted by Gasteiger charge is -2.16. The molecular formula is C10H7N3O2S. The molecule has 0 fully saturated rings. The van der Waals surface area contributed by atoms with Crippen molar-refractivity contribution in [3.63, 3.8) is 0 Å². The minimum Gasteiger partial charge on any atom is -0.324 e. The van der Waals surface area contributed by atoms with Crippen LogP contribution in [0.1, 0.15) is 10.4 Å². The van der Waals surface area contributed by atoms with Crippen molar-refractivity contribution in [1.29, 1.82) is 5.26 Å². The van der Waals surface area contributed by atoms with Crippen molar-refractivity contribution in [2.24, 2.45) is 0 Å². The second kappa shape index (κ2) is 4.24. The molecule has 1 aliphatic heterocycles. The van der Waals surface area contributed by atoms with Crippen LogP contribution < -0.4 is 10.6 Å². The fraction of sp³-hybridized carbons (Fsp3) is 0.100. The number of carbonyl (C=O) groups is 2. The fourth-order valence-electron chi connectivity index (χ4n) is 1.35. The first-order chi connectivity index (χ1) is 7.70. The van der Waals surface area contributed by atoms with Crippen molar-refractivity contribution in [2.75, 3.05) is 11.1 Å². The van der Waals surface area contributed by atoms with Crippen LogP contribution in [0.5, 0.6) is 0 Å². The van der Waals surface area contributed by atoms with Crippen LogP contribution in [-0.4, -0.2) is 17.6 Å². The highest BCUT2D eigenvalue weighted by molar-refractivity contribution is 8.00. The standard InChI is InChI=1S/C10H7N3O2S/c11-5-12-10(15)6-1-2-8-7(3-6)13-9(14)4-16-8/h1-3H,4H2,(H,12,15)(H,13,14). The number of rotatable bonds is 1. The molecule has 0 atom stereocenters. The molecule has 1 aliphatic rings. The number of fused-ring (bicyclic) bond motifs is 1. The number of nitrogens with zero attached hydrogens (tertiary/aromatic N) is 1. The van der Waals surface area contributed by atoms with Crippen LogP contribution in [0.3, 0.4) is 0 Å². The highest BCUT2D eigenvalue weighted by Crippen LogP contribution is 2.31. The van der Waals surface area contributed by atoms with E-state index in [0.717, 1.165) is 4.90 Å². The molecule has 0 aliphatic carbocycles. The molecule has 2 amide bonds. The number of hydrogen-bond acceptors (Lipinski definition) is 4. The Kier molecular flexibility index (Phi) is 2.79. The number of anilines is 1. The van der Waals surface area contributed by atoms with E-state index in [1.165, 1.54) is 11.8 Å². The quantitative estimate of drug-likeness (QED) is 0.558. The van der Waals surface area contributed by atoms with Crippen LogP contribution in [0.2, 0.25) is 0 Å². The summed E-state index contributed by atoms with van der Waals surface area (Å²) in [6, 6.07) is 4.94. The van der Waals surface area contributed by atoms with Gasteiger partial charge in [-0.2, -0.15) is 5.26 Å². The van der Waals surface area contributed by atoms with Crippen molar-refractivity contribution in [3.8, 4) is 6.19 Å². The van der Waals surface area contributed by atoms with Crippen LogP contribution in [0.4, 0.5) is 5.69 Å². The van der Waals surface area contributed by atoms with Gasteiger partial charge in [0.05, 0.1) is 11.4 Å². The summed E-state index contributed by atoms with van der Waals surface area (Å²) in [4.78, 5) is 23.4. The van der Waals surface area contributed by atoms with E-state index < -0.39 is 5.91 Å². The zero-order valence-electron chi connectivity index (χ0n) is 8.11. The van der Waals surface area contributed by atoms with Gasteiger partial charge in [0, 0.05) is 10.5 Å². The van der Waals surface area contributed by atoms with Crippen LogP contribution in [-0.2, 0) is 4.79 Å². The Morgan fingerprint density at radius 1 is 1.56 bits per heavy atom. The molecule has 1 aromatic carbocycles. The lowest BCUT2D eigenvalue weighted by atomic mass is 10.2. The van der Waals surface area contributed by atoms with Gasteiger partial charge in [-0.05, 0) is 18.2 Å². The lowest BCUT2D eigenvalue weighted by Crippen LogP contribution is -2.21. The molecule has 0 bridgehead atoms. The second-order valence-corrected chi connectivity index (χ2v) is 4.13. The topological polar surface area (TPSA) is 82.0 Å². The molecule has 6 heteroatoms. The molecule has 2 rings (SSSR count). The first-order valence-corrected chi connectivity index (χ1v) is 5.45. The SMILES string of the molecule is N#CNC(=O)c1ccc2c(c1)NC(=O)CS2. The van der Waals surface area contributed by atoms with Gasteiger partial charge in [-0.1, -0.05) is 0 Å². The van der Waals surface area contributed by atoms with E-state index in [2.05, 4.69) is 5.32 Å². The zero-order valence-corrected chi connectivity index (χ0v) is 8.93. The summed E-state index contributed by atoms with van der Waals surface area (Å²) in [5.41, 5.74) is 0.968. The maximum atomic E-state index is 11.4. The summed E-state index contributed by atoms with van der Waals surface area (Å²) in [5, 5.41) is 13.0. The number of nitrogens with one attached hydrogen (secondary N) is 2. The van der Waals surface area contributed by atoms with Crippen molar-refractivity contribution in [3.05, 3.63) is 23.8 Å². The van der Waals surface area contributed by atoms with Crippen LogP contribution in [0.15, 0.2) is 23.1 Å². The Balaban J connectivity index is 2.32. The highest BCUT2D eigenvalue weighted by Gasteiger charge is 2.16. The normalized spacial score (nSPS) is 13.3.